The van der Waals surface area contributed by atoms with Crippen molar-refractivity contribution in [2.75, 3.05) is 12.3 Å². The zero-order chi connectivity index (χ0) is 18.1. The molecule has 1 aromatic rings. The third-order valence-corrected chi connectivity index (χ3v) is 3.94. The summed E-state index contributed by atoms with van der Waals surface area (Å²) in [5.74, 6) is 1.03. The average Bonchev–Trinajstić information content (AvgIpc) is 2.60. The predicted octanol–water partition coefficient (Wildman–Crippen LogP) is 4.67. The van der Waals surface area contributed by atoms with E-state index in [1.807, 2.05) is 32.0 Å². The maximum atomic E-state index is 10.5. The molecule has 134 valence electrons. The molecule has 0 fully saturated rings. The van der Waals surface area contributed by atoms with Crippen molar-refractivity contribution < 1.29 is 9.90 Å². The number of carboxylic acids is 1. The lowest BCUT2D eigenvalue weighted by atomic mass is 10.1. The van der Waals surface area contributed by atoms with Crippen LogP contribution in [-0.4, -0.2) is 29.4 Å². The first-order valence-corrected chi connectivity index (χ1v) is 9.25. The van der Waals surface area contributed by atoms with Crippen molar-refractivity contribution in [1.29, 1.82) is 0 Å². The van der Waals surface area contributed by atoms with Crippen LogP contribution in [0, 0.1) is 5.92 Å². The molecule has 4 heteroatoms. The second-order valence-electron chi connectivity index (χ2n) is 5.30. The van der Waals surface area contributed by atoms with Gasteiger partial charge in [0.05, 0.1) is 0 Å². The minimum atomic E-state index is -0.797. The molecule has 1 aromatic carbocycles. The zero-order valence-corrected chi connectivity index (χ0v) is 16.3. The summed E-state index contributed by atoms with van der Waals surface area (Å²) in [7, 11) is 0. The van der Waals surface area contributed by atoms with E-state index >= 15 is 0 Å². The molecule has 0 aliphatic rings. The summed E-state index contributed by atoms with van der Waals surface area (Å²) in [5.41, 5.74) is 1.29. The topological polar surface area (TPSA) is 49.3 Å². The van der Waals surface area contributed by atoms with Crippen LogP contribution in [0.1, 0.15) is 53.0 Å². The van der Waals surface area contributed by atoms with Crippen molar-refractivity contribution >= 4 is 18.6 Å². The highest BCUT2D eigenvalue weighted by Crippen LogP contribution is 2.01. The van der Waals surface area contributed by atoms with Crippen LogP contribution in [0.25, 0.3) is 0 Å². The van der Waals surface area contributed by atoms with Gasteiger partial charge in [-0.1, -0.05) is 64.4 Å². The second-order valence-corrected chi connectivity index (χ2v) is 5.66. The Morgan fingerprint density at radius 2 is 1.78 bits per heavy atom. The molecule has 0 saturated carbocycles. The van der Waals surface area contributed by atoms with Crippen LogP contribution in [0.2, 0.25) is 0 Å². The first-order chi connectivity index (χ1) is 11.0. The number of carboxylic acid groups (broad SMARTS) is 1. The molecule has 0 heterocycles. The summed E-state index contributed by atoms with van der Waals surface area (Å²) in [6, 6.07) is 9.74. The largest absolute Gasteiger partial charge is 0.480 e. The van der Waals surface area contributed by atoms with Crippen LogP contribution >= 0.6 is 12.6 Å². The number of hydrogen-bond donors (Lipinski definition) is 3. The molecule has 0 spiro atoms. The Bertz CT molecular complexity index is 367. The molecule has 0 amide bonds. The van der Waals surface area contributed by atoms with E-state index in [1.165, 1.54) is 12.0 Å². The fraction of sp³-hybridized carbons (Fsp3) is 0.632. The van der Waals surface area contributed by atoms with Crippen LogP contribution in [-0.2, 0) is 11.2 Å². The minimum Gasteiger partial charge on any atom is -0.480 e. The Balaban J connectivity index is 0. The van der Waals surface area contributed by atoms with Crippen molar-refractivity contribution in [2.24, 2.45) is 5.92 Å². The quantitative estimate of drug-likeness (QED) is 0.476. The van der Waals surface area contributed by atoms with Crippen molar-refractivity contribution in [2.45, 2.75) is 59.9 Å². The lowest BCUT2D eigenvalue weighted by molar-refractivity contribution is -0.138. The summed E-state index contributed by atoms with van der Waals surface area (Å²) in [5, 5.41) is 11.6. The highest BCUT2D eigenvalue weighted by molar-refractivity contribution is 7.80. The summed E-state index contributed by atoms with van der Waals surface area (Å²) in [6.07, 6.45) is 3.20. The van der Waals surface area contributed by atoms with Crippen LogP contribution in [0.15, 0.2) is 30.3 Å². The number of hydrogen-bond acceptors (Lipinski definition) is 3. The Morgan fingerprint density at radius 1 is 1.22 bits per heavy atom. The average molecular weight is 342 g/mol. The molecule has 3 nitrogen and oxygen atoms in total. The highest BCUT2D eigenvalue weighted by Gasteiger charge is 2.07. The molecular formula is C19H35NO2S. The number of aliphatic carboxylic acids is 1. The minimum absolute atomic E-state index is 0.458. The number of carbonyl (C=O) groups is 1. The molecule has 0 saturated heterocycles. The maximum Gasteiger partial charge on any atom is 0.320 e. The van der Waals surface area contributed by atoms with E-state index in [0.29, 0.717) is 0 Å². The van der Waals surface area contributed by atoms with E-state index in [1.54, 1.807) is 6.92 Å². The van der Waals surface area contributed by atoms with Crippen LogP contribution in [0.4, 0.5) is 0 Å². The molecule has 0 aliphatic heterocycles. The number of nitrogens with one attached hydrogen (secondary N) is 1. The maximum absolute atomic E-state index is 10.5. The van der Waals surface area contributed by atoms with Crippen molar-refractivity contribution in [3.63, 3.8) is 0 Å². The number of aryl methyl sites for hydroxylation is 1. The molecule has 0 aliphatic carbocycles. The standard InChI is InChI=1S/C12H17NO2.C5H12S.C2H6/c1-10(12(14)15)13-9-5-8-11-6-3-2-4-7-11;1-3-5(2)4-6;1-2/h2-4,6-7,10,13H,5,8-9H2,1H3,(H,14,15);5-6H,3-4H2,1-2H3;1-2H3. The lowest BCUT2D eigenvalue weighted by Gasteiger charge is -2.08. The van der Waals surface area contributed by atoms with Gasteiger partial charge in [-0.15, -0.1) is 0 Å². The van der Waals surface area contributed by atoms with Crippen molar-refractivity contribution in [1.82, 2.24) is 5.32 Å². The van der Waals surface area contributed by atoms with Crippen molar-refractivity contribution in [3.8, 4) is 0 Å². The predicted molar refractivity (Wildman–Crippen MR) is 105 cm³/mol. The fourth-order valence-corrected chi connectivity index (χ4v) is 1.73. The van der Waals surface area contributed by atoms with Gasteiger partial charge in [-0.05, 0) is 43.5 Å². The molecule has 23 heavy (non-hydrogen) atoms. The van der Waals surface area contributed by atoms with Gasteiger partial charge in [0.1, 0.15) is 6.04 Å². The summed E-state index contributed by atoms with van der Waals surface area (Å²) in [4.78, 5) is 10.5. The molecule has 0 radical (unpaired) electrons. The third kappa shape index (κ3) is 15.7. The SMILES string of the molecule is CC.CC(NCCCc1ccccc1)C(=O)O.CCC(C)CS. The van der Waals surface area contributed by atoms with Gasteiger partial charge in [-0.3, -0.25) is 4.79 Å². The van der Waals surface area contributed by atoms with E-state index in [0.717, 1.165) is 31.1 Å². The van der Waals surface area contributed by atoms with Crippen LogP contribution < -0.4 is 5.32 Å². The number of thiol groups is 1. The fourth-order valence-electron chi connectivity index (χ4n) is 1.47. The van der Waals surface area contributed by atoms with E-state index in [9.17, 15) is 4.79 Å². The van der Waals surface area contributed by atoms with Gasteiger partial charge in [-0.25, -0.2) is 0 Å². The second kappa shape index (κ2) is 17.4. The molecule has 1 rings (SSSR count). The van der Waals surface area contributed by atoms with E-state index in [-0.39, 0.29) is 0 Å². The smallest absolute Gasteiger partial charge is 0.320 e. The van der Waals surface area contributed by atoms with Gasteiger partial charge in [0, 0.05) is 0 Å². The zero-order valence-electron chi connectivity index (χ0n) is 15.4. The van der Waals surface area contributed by atoms with Gasteiger partial charge in [0.2, 0.25) is 0 Å². The molecular weight excluding hydrogens is 306 g/mol. The summed E-state index contributed by atoms with van der Waals surface area (Å²) < 4.78 is 0. The molecule has 2 N–H and O–H groups in total. The Kier molecular flexibility index (Phi) is 18.3. The molecule has 0 bridgehead atoms. The van der Waals surface area contributed by atoms with Gasteiger partial charge >= 0.3 is 5.97 Å². The Morgan fingerprint density at radius 3 is 2.17 bits per heavy atom. The monoisotopic (exact) mass is 341 g/mol. The summed E-state index contributed by atoms with van der Waals surface area (Å²) in [6.45, 7) is 10.8. The summed E-state index contributed by atoms with van der Waals surface area (Å²) >= 11 is 4.10. The Hall–Kier alpha value is -1.00. The number of benzene rings is 1. The van der Waals surface area contributed by atoms with Gasteiger partial charge in [0.15, 0.2) is 0 Å². The molecule has 2 unspecified atom stereocenters. The van der Waals surface area contributed by atoms with Gasteiger partial charge in [0.25, 0.3) is 0 Å². The normalized spacial score (nSPS) is 12.1. The first kappa shape index (κ1) is 24.3. The van der Waals surface area contributed by atoms with Crippen molar-refractivity contribution in [3.05, 3.63) is 35.9 Å². The van der Waals surface area contributed by atoms with Gasteiger partial charge < -0.3 is 10.4 Å². The van der Waals surface area contributed by atoms with Crippen LogP contribution in [0.3, 0.4) is 0 Å². The highest BCUT2D eigenvalue weighted by atomic mass is 32.1. The molecule has 0 aromatic heterocycles. The van der Waals surface area contributed by atoms with E-state index < -0.39 is 12.0 Å². The van der Waals surface area contributed by atoms with E-state index in [2.05, 4.69) is 43.9 Å². The lowest BCUT2D eigenvalue weighted by Crippen LogP contribution is -2.34. The first-order valence-electron chi connectivity index (χ1n) is 8.62. The van der Waals surface area contributed by atoms with Crippen LogP contribution in [0.5, 0.6) is 0 Å². The van der Waals surface area contributed by atoms with Gasteiger partial charge in [-0.2, -0.15) is 12.6 Å². The third-order valence-electron chi connectivity index (χ3n) is 3.31. The number of rotatable bonds is 8. The molecule has 2 atom stereocenters. The Labute approximate surface area is 148 Å². The van der Waals surface area contributed by atoms with E-state index in [4.69, 9.17) is 5.11 Å².